The summed E-state index contributed by atoms with van der Waals surface area (Å²) in [7, 11) is 1.86. The van der Waals surface area contributed by atoms with E-state index in [9.17, 15) is 0 Å². The van der Waals surface area contributed by atoms with E-state index in [1.165, 1.54) is 60.8 Å². The van der Waals surface area contributed by atoms with Gasteiger partial charge in [0, 0.05) is 30.5 Å². The van der Waals surface area contributed by atoms with Gasteiger partial charge in [-0.1, -0.05) is 133 Å². The normalized spacial score (nSPS) is 13.3. The van der Waals surface area contributed by atoms with Crippen LogP contribution in [0.5, 0.6) is 0 Å². The molecule has 0 amide bonds. The fourth-order valence-corrected chi connectivity index (χ4v) is 7.65. The van der Waals surface area contributed by atoms with E-state index >= 15 is 0 Å². The van der Waals surface area contributed by atoms with Crippen LogP contribution in [0.25, 0.3) is 55.3 Å². The molecule has 0 aliphatic carbocycles. The summed E-state index contributed by atoms with van der Waals surface area (Å²) in [5.41, 5.74) is 12.1. The molecular formula is C40H32N2S2. The Labute approximate surface area is 268 Å². The molecule has 214 valence electrons. The maximum atomic E-state index is 4.72. The lowest BCUT2D eigenvalue weighted by Crippen LogP contribution is -1.99. The molecule has 0 saturated carbocycles. The van der Waals surface area contributed by atoms with Crippen LogP contribution in [0.1, 0.15) is 11.1 Å². The highest BCUT2D eigenvalue weighted by Gasteiger charge is 2.24. The van der Waals surface area contributed by atoms with Gasteiger partial charge in [-0.3, -0.25) is 9.98 Å². The van der Waals surface area contributed by atoms with Gasteiger partial charge < -0.3 is 0 Å². The topological polar surface area (TPSA) is 24.7 Å². The van der Waals surface area contributed by atoms with Crippen LogP contribution in [0, 0.1) is 0 Å². The molecule has 4 heteroatoms. The summed E-state index contributed by atoms with van der Waals surface area (Å²) in [5.74, 6) is 1.06. The first-order valence-corrected chi connectivity index (χ1v) is 17.1. The van der Waals surface area contributed by atoms with E-state index in [1.807, 2.05) is 18.8 Å². The van der Waals surface area contributed by atoms with Gasteiger partial charge in [0.1, 0.15) is 0 Å². The van der Waals surface area contributed by atoms with Gasteiger partial charge in [0.15, 0.2) is 0 Å². The van der Waals surface area contributed by atoms with Crippen LogP contribution in [0.3, 0.4) is 0 Å². The first kappa shape index (κ1) is 28.4. The number of rotatable bonds is 6. The molecule has 6 aromatic rings. The number of benzene rings is 6. The lowest BCUT2D eigenvalue weighted by molar-refractivity contribution is 1.17. The molecule has 0 N–H and O–H groups in total. The summed E-state index contributed by atoms with van der Waals surface area (Å²) in [6, 6.07) is 48.6. The maximum absolute atomic E-state index is 4.72. The van der Waals surface area contributed by atoms with E-state index in [0.29, 0.717) is 0 Å². The van der Waals surface area contributed by atoms with Crippen LogP contribution in [0.4, 0.5) is 0 Å². The summed E-state index contributed by atoms with van der Waals surface area (Å²) in [6.07, 6.45) is 2.08. The number of hydrogen-bond donors (Lipinski definition) is 0. The second kappa shape index (κ2) is 12.7. The van der Waals surface area contributed by atoms with Crippen molar-refractivity contribution in [3.8, 4) is 44.5 Å². The number of hydrogen-bond acceptors (Lipinski definition) is 4. The van der Waals surface area contributed by atoms with E-state index in [0.717, 1.165) is 27.9 Å². The SMILES string of the molecule is CN=C(SC)c1ccc(-c2c(-c3ccccc3)c(-c3ccccc3)c(-c3ccc(C4=NCCS4)cc3)c3ccccc23)cc1. The number of thioether (sulfide) groups is 2. The molecule has 0 radical (unpaired) electrons. The zero-order chi connectivity index (χ0) is 29.9. The third kappa shape index (κ3) is 5.29. The van der Waals surface area contributed by atoms with Crippen molar-refractivity contribution in [1.82, 2.24) is 0 Å². The minimum absolute atomic E-state index is 0.900. The summed E-state index contributed by atoms with van der Waals surface area (Å²) in [4.78, 5) is 9.22. The maximum Gasteiger partial charge on any atom is 0.0977 e. The first-order valence-electron chi connectivity index (χ1n) is 14.9. The Morgan fingerprint density at radius 1 is 0.568 bits per heavy atom. The van der Waals surface area contributed by atoms with Crippen molar-refractivity contribution < 1.29 is 0 Å². The standard InChI is InChI=1S/C40H32N2S2/c1-41-39(43-2)31-21-17-29(18-22-31)35-33-15-9-10-16-34(33)36(30-19-23-32(24-20-30)40-42-25-26-44-40)38(28-13-7-4-8-14-28)37(35)27-11-5-3-6-12-27/h3-24H,25-26H2,1-2H3. The molecule has 1 aliphatic rings. The lowest BCUT2D eigenvalue weighted by Gasteiger charge is -2.24. The molecule has 6 aromatic carbocycles. The van der Waals surface area contributed by atoms with Crippen molar-refractivity contribution in [2.24, 2.45) is 9.98 Å². The van der Waals surface area contributed by atoms with Crippen molar-refractivity contribution >= 4 is 44.4 Å². The van der Waals surface area contributed by atoms with E-state index in [1.54, 1.807) is 11.8 Å². The Hall–Kier alpha value is -4.38. The zero-order valence-corrected chi connectivity index (χ0v) is 26.5. The fourth-order valence-electron chi connectivity index (χ4n) is 6.23. The molecule has 0 saturated heterocycles. The van der Waals surface area contributed by atoms with Gasteiger partial charge in [-0.05, 0) is 61.5 Å². The molecule has 0 unspecified atom stereocenters. The molecule has 2 nitrogen and oxygen atoms in total. The monoisotopic (exact) mass is 604 g/mol. The largest absolute Gasteiger partial charge is 0.281 e. The van der Waals surface area contributed by atoms with Gasteiger partial charge in [-0.15, -0.1) is 23.5 Å². The second-order valence-electron chi connectivity index (χ2n) is 10.7. The van der Waals surface area contributed by atoms with Crippen molar-refractivity contribution in [3.63, 3.8) is 0 Å². The minimum Gasteiger partial charge on any atom is -0.281 e. The summed E-state index contributed by atoms with van der Waals surface area (Å²) in [5, 5.41) is 4.66. The van der Waals surface area contributed by atoms with Crippen LogP contribution in [0.15, 0.2) is 143 Å². The Balaban J connectivity index is 1.58. The van der Waals surface area contributed by atoms with Crippen LogP contribution >= 0.6 is 23.5 Å². The molecule has 0 aromatic heterocycles. The van der Waals surface area contributed by atoms with Gasteiger partial charge in [-0.25, -0.2) is 0 Å². The van der Waals surface area contributed by atoms with E-state index in [4.69, 9.17) is 4.99 Å². The van der Waals surface area contributed by atoms with E-state index in [2.05, 4.69) is 145 Å². The summed E-state index contributed by atoms with van der Waals surface area (Å²) < 4.78 is 0. The Kier molecular flexibility index (Phi) is 8.19. The molecule has 0 spiro atoms. The predicted octanol–water partition coefficient (Wildman–Crippen LogP) is 10.7. The van der Waals surface area contributed by atoms with E-state index in [-0.39, 0.29) is 0 Å². The van der Waals surface area contributed by atoms with Crippen LogP contribution in [-0.4, -0.2) is 35.7 Å². The minimum atomic E-state index is 0.900. The Morgan fingerprint density at radius 3 is 1.48 bits per heavy atom. The zero-order valence-electron chi connectivity index (χ0n) is 24.8. The quantitative estimate of drug-likeness (QED) is 0.140. The van der Waals surface area contributed by atoms with Gasteiger partial charge in [0.2, 0.25) is 0 Å². The van der Waals surface area contributed by atoms with Crippen LogP contribution in [-0.2, 0) is 0 Å². The molecule has 0 atom stereocenters. The second-order valence-corrected chi connectivity index (χ2v) is 12.6. The molecule has 1 heterocycles. The van der Waals surface area contributed by atoms with Gasteiger partial charge >= 0.3 is 0 Å². The first-order chi connectivity index (χ1) is 21.8. The molecule has 44 heavy (non-hydrogen) atoms. The molecule has 0 bridgehead atoms. The number of aliphatic imine (C=N–C) groups is 2. The van der Waals surface area contributed by atoms with Crippen molar-refractivity contribution in [3.05, 3.63) is 145 Å². The Bertz CT molecular complexity index is 1870. The highest BCUT2D eigenvalue weighted by atomic mass is 32.2. The average molecular weight is 605 g/mol. The molecule has 1 aliphatic heterocycles. The highest BCUT2D eigenvalue weighted by Crippen LogP contribution is 2.50. The van der Waals surface area contributed by atoms with Crippen LogP contribution in [0.2, 0.25) is 0 Å². The fraction of sp³-hybridized carbons (Fsp3) is 0.100. The van der Waals surface area contributed by atoms with Gasteiger partial charge in [-0.2, -0.15) is 0 Å². The van der Waals surface area contributed by atoms with E-state index < -0.39 is 0 Å². The van der Waals surface area contributed by atoms with Crippen molar-refractivity contribution in [1.29, 1.82) is 0 Å². The van der Waals surface area contributed by atoms with Gasteiger partial charge in [0.25, 0.3) is 0 Å². The lowest BCUT2D eigenvalue weighted by atomic mass is 9.79. The smallest absolute Gasteiger partial charge is 0.0977 e. The molecule has 7 rings (SSSR count). The number of nitrogens with zero attached hydrogens (tertiary/aromatic N) is 2. The number of fused-ring (bicyclic) bond motifs is 1. The molecule has 0 fully saturated rings. The third-order valence-corrected chi connectivity index (χ3v) is 9.99. The summed E-state index contributed by atoms with van der Waals surface area (Å²) in [6.45, 7) is 0.900. The summed E-state index contributed by atoms with van der Waals surface area (Å²) >= 11 is 3.52. The van der Waals surface area contributed by atoms with Crippen molar-refractivity contribution in [2.45, 2.75) is 0 Å². The average Bonchev–Trinajstić information content (AvgIpc) is 3.64. The Morgan fingerprint density at radius 2 is 1.02 bits per heavy atom. The highest BCUT2D eigenvalue weighted by molar-refractivity contribution is 8.14. The predicted molar refractivity (Wildman–Crippen MR) is 196 cm³/mol. The van der Waals surface area contributed by atoms with Crippen LogP contribution < -0.4 is 0 Å². The molecular weight excluding hydrogens is 573 g/mol. The van der Waals surface area contributed by atoms with Gasteiger partial charge in [0.05, 0.1) is 10.1 Å². The van der Waals surface area contributed by atoms with Crippen molar-refractivity contribution in [2.75, 3.05) is 25.6 Å². The third-order valence-electron chi connectivity index (χ3n) is 8.16.